The fraction of sp³-hybridized carbons (Fsp3) is 1.00. The maximum Gasteiger partial charge on any atom is 0.0256 e. The molecule has 0 aromatic carbocycles. The van der Waals surface area contributed by atoms with Crippen molar-refractivity contribution in [2.24, 2.45) is 16.7 Å². The monoisotopic (exact) mass is 267 g/mol. The van der Waals surface area contributed by atoms with Crippen molar-refractivity contribution in [3.8, 4) is 0 Å². The first-order valence-corrected chi connectivity index (χ1v) is 8.72. The van der Waals surface area contributed by atoms with Gasteiger partial charge in [-0.25, -0.2) is 0 Å². The molecule has 4 atom stereocenters. The van der Waals surface area contributed by atoms with Gasteiger partial charge in [0.1, 0.15) is 0 Å². The van der Waals surface area contributed by atoms with E-state index in [1.807, 2.05) is 0 Å². The second-order valence-corrected chi connectivity index (χ2v) is 9.81. The zero-order chi connectivity index (χ0) is 13.0. The van der Waals surface area contributed by atoms with Crippen LogP contribution in [0.3, 0.4) is 0 Å². The summed E-state index contributed by atoms with van der Waals surface area (Å²) in [5, 5.41) is 4.01. The third-order valence-electron chi connectivity index (χ3n) is 6.25. The average Bonchev–Trinajstić information content (AvgIpc) is 2.90. The van der Waals surface area contributed by atoms with E-state index in [1.165, 1.54) is 44.4 Å². The van der Waals surface area contributed by atoms with Crippen LogP contribution in [-0.4, -0.2) is 23.1 Å². The standard InChI is InChI=1S/C16H29NS/c1-14(2)12-6-8-15(3,10-12)13(14)17-11-16(4)7-5-9-18-16/h12-13,17H,5-11H2,1-4H3. The average molecular weight is 267 g/mol. The fourth-order valence-corrected chi connectivity index (χ4v) is 6.36. The number of thioether (sulfide) groups is 1. The van der Waals surface area contributed by atoms with Gasteiger partial charge in [0, 0.05) is 17.3 Å². The SMILES string of the molecule is CC1(CNC2C3(C)CCC(C3)C2(C)C)CCCS1. The summed E-state index contributed by atoms with van der Waals surface area (Å²) in [6.07, 6.45) is 7.19. The molecule has 2 saturated carbocycles. The van der Waals surface area contributed by atoms with Crippen molar-refractivity contribution >= 4 is 11.8 Å². The van der Waals surface area contributed by atoms with Crippen LogP contribution in [0.5, 0.6) is 0 Å². The summed E-state index contributed by atoms with van der Waals surface area (Å²) in [4.78, 5) is 0. The van der Waals surface area contributed by atoms with Crippen LogP contribution in [0, 0.1) is 16.7 Å². The molecule has 0 radical (unpaired) electrons. The summed E-state index contributed by atoms with van der Waals surface area (Å²) in [5.41, 5.74) is 1.08. The van der Waals surface area contributed by atoms with Gasteiger partial charge in [-0.05, 0) is 61.5 Å². The molecule has 1 heterocycles. The lowest BCUT2D eigenvalue weighted by Gasteiger charge is -2.44. The largest absolute Gasteiger partial charge is 0.312 e. The van der Waals surface area contributed by atoms with Gasteiger partial charge in [0.15, 0.2) is 0 Å². The first kappa shape index (κ1) is 13.3. The molecule has 1 aliphatic heterocycles. The van der Waals surface area contributed by atoms with Crippen molar-refractivity contribution in [1.82, 2.24) is 5.32 Å². The molecule has 0 amide bonds. The summed E-state index contributed by atoms with van der Waals surface area (Å²) < 4.78 is 0.508. The predicted molar refractivity (Wildman–Crippen MR) is 81.1 cm³/mol. The quantitative estimate of drug-likeness (QED) is 0.827. The minimum Gasteiger partial charge on any atom is -0.312 e. The molecule has 1 N–H and O–H groups in total. The van der Waals surface area contributed by atoms with Crippen LogP contribution in [0.1, 0.15) is 59.8 Å². The van der Waals surface area contributed by atoms with Gasteiger partial charge in [-0.3, -0.25) is 0 Å². The van der Waals surface area contributed by atoms with Crippen molar-refractivity contribution in [3.63, 3.8) is 0 Å². The van der Waals surface area contributed by atoms with Gasteiger partial charge in [-0.2, -0.15) is 11.8 Å². The Kier molecular flexibility index (Phi) is 3.07. The second-order valence-electron chi connectivity index (χ2n) is 8.13. The van der Waals surface area contributed by atoms with Gasteiger partial charge < -0.3 is 5.32 Å². The first-order valence-electron chi connectivity index (χ1n) is 7.73. The van der Waals surface area contributed by atoms with Crippen molar-refractivity contribution in [2.45, 2.75) is 70.6 Å². The van der Waals surface area contributed by atoms with Crippen LogP contribution >= 0.6 is 11.8 Å². The van der Waals surface area contributed by atoms with Gasteiger partial charge in [-0.15, -0.1) is 0 Å². The molecule has 2 heteroatoms. The highest BCUT2D eigenvalue weighted by molar-refractivity contribution is 8.00. The van der Waals surface area contributed by atoms with Crippen LogP contribution < -0.4 is 5.32 Å². The Morgan fingerprint density at radius 1 is 1.17 bits per heavy atom. The summed E-state index contributed by atoms with van der Waals surface area (Å²) >= 11 is 2.18. The van der Waals surface area contributed by atoms with E-state index in [2.05, 4.69) is 44.8 Å². The van der Waals surface area contributed by atoms with E-state index in [9.17, 15) is 0 Å². The number of nitrogens with one attached hydrogen (secondary N) is 1. The lowest BCUT2D eigenvalue weighted by Crippen LogP contribution is -2.53. The van der Waals surface area contributed by atoms with Crippen LogP contribution in [-0.2, 0) is 0 Å². The molecular formula is C16H29NS. The number of hydrogen-bond donors (Lipinski definition) is 1. The van der Waals surface area contributed by atoms with E-state index >= 15 is 0 Å². The summed E-state index contributed by atoms with van der Waals surface area (Å²) in [5.74, 6) is 2.33. The molecule has 1 nitrogen and oxygen atoms in total. The van der Waals surface area contributed by atoms with Gasteiger partial charge in [0.2, 0.25) is 0 Å². The van der Waals surface area contributed by atoms with E-state index in [-0.39, 0.29) is 0 Å². The van der Waals surface area contributed by atoms with Crippen LogP contribution in [0.25, 0.3) is 0 Å². The van der Waals surface area contributed by atoms with E-state index in [4.69, 9.17) is 0 Å². The molecular weight excluding hydrogens is 238 g/mol. The van der Waals surface area contributed by atoms with E-state index < -0.39 is 0 Å². The highest BCUT2D eigenvalue weighted by Gasteiger charge is 2.59. The van der Waals surface area contributed by atoms with Crippen LogP contribution in [0.4, 0.5) is 0 Å². The Morgan fingerprint density at radius 3 is 2.50 bits per heavy atom. The molecule has 104 valence electrons. The fourth-order valence-electron chi connectivity index (χ4n) is 5.11. The lowest BCUT2D eigenvalue weighted by molar-refractivity contribution is 0.107. The molecule has 18 heavy (non-hydrogen) atoms. The normalized spacial score (nSPS) is 50.0. The van der Waals surface area contributed by atoms with E-state index in [0.29, 0.717) is 15.6 Å². The zero-order valence-corrected chi connectivity index (χ0v) is 13.3. The van der Waals surface area contributed by atoms with Crippen molar-refractivity contribution in [1.29, 1.82) is 0 Å². The third-order valence-corrected chi connectivity index (χ3v) is 7.79. The predicted octanol–water partition coefficient (Wildman–Crippen LogP) is 4.08. The molecule has 3 aliphatic rings. The molecule has 1 saturated heterocycles. The van der Waals surface area contributed by atoms with Gasteiger partial charge in [0.05, 0.1) is 0 Å². The van der Waals surface area contributed by atoms with E-state index in [0.717, 1.165) is 12.0 Å². The minimum absolute atomic E-state index is 0.507. The van der Waals surface area contributed by atoms with E-state index in [1.54, 1.807) is 0 Å². The Hall–Kier alpha value is 0.310. The molecule has 3 fully saturated rings. The van der Waals surface area contributed by atoms with Gasteiger partial charge >= 0.3 is 0 Å². The van der Waals surface area contributed by atoms with Crippen LogP contribution in [0.2, 0.25) is 0 Å². The highest BCUT2D eigenvalue weighted by atomic mass is 32.2. The molecule has 0 spiro atoms. The summed E-state index contributed by atoms with van der Waals surface area (Å²) in [6, 6.07) is 0.738. The number of rotatable bonds is 3. The Labute approximate surface area is 117 Å². The zero-order valence-electron chi connectivity index (χ0n) is 12.5. The first-order chi connectivity index (χ1) is 8.36. The smallest absolute Gasteiger partial charge is 0.0256 e. The van der Waals surface area contributed by atoms with Gasteiger partial charge in [-0.1, -0.05) is 20.8 Å². The topological polar surface area (TPSA) is 12.0 Å². The van der Waals surface area contributed by atoms with Crippen LogP contribution in [0.15, 0.2) is 0 Å². The van der Waals surface area contributed by atoms with Crippen molar-refractivity contribution < 1.29 is 0 Å². The van der Waals surface area contributed by atoms with Gasteiger partial charge in [0.25, 0.3) is 0 Å². The number of fused-ring (bicyclic) bond motifs is 2. The molecule has 0 aromatic heterocycles. The van der Waals surface area contributed by atoms with Crippen molar-refractivity contribution in [3.05, 3.63) is 0 Å². The molecule has 4 unspecified atom stereocenters. The highest BCUT2D eigenvalue weighted by Crippen LogP contribution is 2.62. The summed E-state index contributed by atoms with van der Waals surface area (Å²) in [6.45, 7) is 11.2. The molecule has 3 rings (SSSR count). The second kappa shape index (κ2) is 4.15. The third kappa shape index (κ3) is 1.95. The molecule has 2 aliphatic carbocycles. The Balaban J connectivity index is 1.68. The molecule has 2 bridgehead atoms. The Morgan fingerprint density at radius 2 is 1.94 bits per heavy atom. The molecule has 0 aromatic rings. The van der Waals surface area contributed by atoms with Crippen molar-refractivity contribution in [2.75, 3.05) is 12.3 Å². The summed E-state index contributed by atoms with van der Waals surface area (Å²) in [7, 11) is 0. The minimum atomic E-state index is 0.507. The maximum atomic E-state index is 4.01. The number of hydrogen-bond acceptors (Lipinski definition) is 2. The Bertz CT molecular complexity index is 327. The lowest BCUT2D eigenvalue weighted by atomic mass is 9.68. The maximum absolute atomic E-state index is 4.01.